The molecular weight excluding hydrogens is 378 g/mol. The molecule has 1 aromatic carbocycles. The molecule has 0 unspecified atom stereocenters. The monoisotopic (exact) mass is 407 g/mol. The van der Waals surface area contributed by atoms with Gasteiger partial charge in [0.25, 0.3) is 5.91 Å². The SMILES string of the molecule is CC(C)c1ccc(-c2ccnc3c(C(=O)NCCCN4CCOCC4)cnn23)cc1. The Hall–Kier alpha value is -2.77. The highest BCUT2D eigenvalue weighted by atomic mass is 16.5. The zero-order chi connectivity index (χ0) is 20.9. The lowest BCUT2D eigenvalue weighted by Crippen LogP contribution is -2.38. The Kier molecular flexibility index (Phi) is 6.40. The molecule has 0 saturated carbocycles. The lowest BCUT2D eigenvalue weighted by Gasteiger charge is -2.26. The van der Waals surface area contributed by atoms with Crippen molar-refractivity contribution in [2.24, 2.45) is 0 Å². The van der Waals surface area contributed by atoms with Crippen LogP contribution in [0.3, 0.4) is 0 Å². The van der Waals surface area contributed by atoms with Crippen LogP contribution >= 0.6 is 0 Å². The maximum absolute atomic E-state index is 12.7. The summed E-state index contributed by atoms with van der Waals surface area (Å²) in [6, 6.07) is 10.4. The molecule has 0 radical (unpaired) electrons. The molecule has 0 atom stereocenters. The smallest absolute Gasteiger partial charge is 0.256 e. The summed E-state index contributed by atoms with van der Waals surface area (Å²) in [6.07, 6.45) is 4.25. The number of fused-ring (bicyclic) bond motifs is 1. The van der Waals surface area contributed by atoms with Crippen molar-refractivity contribution in [3.05, 3.63) is 53.9 Å². The largest absolute Gasteiger partial charge is 0.379 e. The van der Waals surface area contributed by atoms with Gasteiger partial charge in [0.1, 0.15) is 5.56 Å². The first-order valence-corrected chi connectivity index (χ1v) is 10.6. The third-order valence-electron chi connectivity index (χ3n) is 5.56. The minimum atomic E-state index is -0.133. The zero-order valence-electron chi connectivity index (χ0n) is 17.7. The summed E-state index contributed by atoms with van der Waals surface area (Å²) in [5, 5.41) is 7.45. The number of nitrogens with one attached hydrogen (secondary N) is 1. The fourth-order valence-corrected chi connectivity index (χ4v) is 3.73. The highest BCUT2D eigenvalue weighted by molar-refractivity contribution is 5.99. The van der Waals surface area contributed by atoms with Gasteiger partial charge in [-0.25, -0.2) is 9.50 Å². The van der Waals surface area contributed by atoms with Crippen molar-refractivity contribution >= 4 is 11.6 Å². The number of rotatable bonds is 7. The van der Waals surface area contributed by atoms with Crippen LogP contribution in [0.25, 0.3) is 16.9 Å². The lowest BCUT2D eigenvalue weighted by atomic mass is 10.0. The van der Waals surface area contributed by atoms with Gasteiger partial charge in [0.05, 0.1) is 25.1 Å². The molecule has 1 fully saturated rings. The van der Waals surface area contributed by atoms with Crippen molar-refractivity contribution in [2.45, 2.75) is 26.2 Å². The Morgan fingerprint density at radius 1 is 1.17 bits per heavy atom. The highest BCUT2D eigenvalue weighted by Crippen LogP contribution is 2.23. The molecule has 4 rings (SSSR count). The molecule has 2 aromatic heterocycles. The Balaban J connectivity index is 1.43. The molecule has 0 spiro atoms. The van der Waals surface area contributed by atoms with Crippen LogP contribution in [0.2, 0.25) is 0 Å². The summed E-state index contributed by atoms with van der Waals surface area (Å²) in [5.41, 5.74) is 4.34. The van der Waals surface area contributed by atoms with Gasteiger partial charge in [0.2, 0.25) is 0 Å². The van der Waals surface area contributed by atoms with Crippen molar-refractivity contribution in [1.29, 1.82) is 0 Å². The van der Waals surface area contributed by atoms with Crippen molar-refractivity contribution in [2.75, 3.05) is 39.4 Å². The maximum atomic E-state index is 12.7. The first-order chi connectivity index (χ1) is 14.6. The van der Waals surface area contributed by atoms with E-state index in [9.17, 15) is 4.79 Å². The fourth-order valence-electron chi connectivity index (χ4n) is 3.73. The van der Waals surface area contributed by atoms with E-state index in [0.717, 1.165) is 50.5 Å². The maximum Gasteiger partial charge on any atom is 0.256 e. The number of hydrogen-bond acceptors (Lipinski definition) is 5. The van der Waals surface area contributed by atoms with E-state index in [0.29, 0.717) is 23.7 Å². The molecule has 7 nitrogen and oxygen atoms in total. The van der Waals surface area contributed by atoms with Crippen molar-refractivity contribution in [1.82, 2.24) is 24.8 Å². The fraction of sp³-hybridized carbons (Fsp3) is 0.435. The van der Waals surface area contributed by atoms with Crippen LogP contribution in [-0.2, 0) is 4.74 Å². The lowest BCUT2D eigenvalue weighted by molar-refractivity contribution is 0.0374. The predicted octanol–water partition coefficient (Wildman–Crippen LogP) is 2.97. The van der Waals surface area contributed by atoms with Crippen molar-refractivity contribution < 1.29 is 9.53 Å². The summed E-state index contributed by atoms with van der Waals surface area (Å²) in [7, 11) is 0. The van der Waals surface area contributed by atoms with Crippen LogP contribution in [0, 0.1) is 0 Å². The Labute approximate surface area is 177 Å². The molecule has 1 N–H and O–H groups in total. The number of benzene rings is 1. The summed E-state index contributed by atoms with van der Waals surface area (Å²) >= 11 is 0. The quantitative estimate of drug-likeness (QED) is 0.610. The molecule has 1 amide bonds. The zero-order valence-corrected chi connectivity index (χ0v) is 17.7. The van der Waals surface area contributed by atoms with Crippen LogP contribution in [0.5, 0.6) is 0 Å². The molecule has 158 valence electrons. The minimum Gasteiger partial charge on any atom is -0.379 e. The topological polar surface area (TPSA) is 71.8 Å². The third-order valence-corrected chi connectivity index (χ3v) is 5.56. The number of aromatic nitrogens is 3. The second kappa shape index (κ2) is 9.36. The molecule has 0 bridgehead atoms. The van der Waals surface area contributed by atoms with E-state index in [-0.39, 0.29) is 5.91 Å². The predicted molar refractivity (Wildman–Crippen MR) is 117 cm³/mol. The molecule has 7 heteroatoms. The van der Waals surface area contributed by atoms with E-state index >= 15 is 0 Å². The van der Waals surface area contributed by atoms with Gasteiger partial charge in [0, 0.05) is 31.4 Å². The van der Waals surface area contributed by atoms with Crippen LogP contribution in [0.4, 0.5) is 0 Å². The van der Waals surface area contributed by atoms with E-state index < -0.39 is 0 Å². The molecule has 1 saturated heterocycles. The first-order valence-electron chi connectivity index (χ1n) is 10.6. The average Bonchev–Trinajstić information content (AvgIpc) is 3.22. The molecule has 30 heavy (non-hydrogen) atoms. The summed E-state index contributed by atoms with van der Waals surface area (Å²) in [6.45, 7) is 9.47. The number of morpholine rings is 1. The molecular formula is C23H29N5O2. The van der Waals surface area contributed by atoms with E-state index in [1.54, 1.807) is 16.9 Å². The molecule has 1 aliphatic heterocycles. The van der Waals surface area contributed by atoms with Gasteiger partial charge in [-0.05, 0) is 30.5 Å². The number of hydrogen-bond donors (Lipinski definition) is 1. The van der Waals surface area contributed by atoms with Crippen LogP contribution in [0.1, 0.15) is 42.1 Å². The number of amides is 1. The second-order valence-corrected chi connectivity index (χ2v) is 7.96. The van der Waals surface area contributed by atoms with Gasteiger partial charge in [-0.2, -0.15) is 5.10 Å². The van der Waals surface area contributed by atoms with E-state index in [1.807, 2.05) is 6.07 Å². The molecule has 3 heterocycles. The summed E-state index contributed by atoms with van der Waals surface area (Å²) in [4.78, 5) is 19.5. The second-order valence-electron chi connectivity index (χ2n) is 7.96. The van der Waals surface area contributed by atoms with Gasteiger partial charge in [-0.3, -0.25) is 9.69 Å². The average molecular weight is 408 g/mol. The highest BCUT2D eigenvalue weighted by Gasteiger charge is 2.16. The Bertz CT molecular complexity index is 991. The summed E-state index contributed by atoms with van der Waals surface area (Å²) < 4.78 is 7.11. The number of ether oxygens (including phenoxy) is 1. The van der Waals surface area contributed by atoms with E-state index in [2.05, 4.69) is 58.4 Å². The minimum absolute atomic E-state index is 0.133. The van der Waals surface area contributed by atoms with Crippen molar-refractivity contribution in [3.8, 4) is 11.3 Å². The number of carbonyl (C=O) groups excluding carboxylic acids is 1. The van der Waals surface area contributed by atoms with Crippen LogP contribution in [-0.4, -0.2) is 64.8 Å². The Morgan fingerprint density at radius 3 is 2.67 bits per heavy atom. The first kappa shape index (κ1) is 20.5. The van der Waals surface area contributed by atoms with Crippen molar-refractivity contribution in [3.63, 3.8) is 0 Å². The van der Waals surface area contributed by atoms with Gasteiger partial charge in [-0.15, -0.1) is 0 Å². The van der Waals surface area contributed by atoms with E-state index in [4.69, 9.17) is 4.74 Å². The van der Waals surface area contributed by atoms with E-state index in [1.165, 1.54) is 5.56 Å². The number of carbonyl (C=O) groups is 1. The van der Waals surface area contributed by atoms with Crippen LogP contribution in [0.15, 0.2) is 42.7 Å². The Morgan fingerprint density at radius 2 is 1.93 bits per heavy atom. The molecule has 1 aliphatic rings. The third kappa shape index (κ3) is 4.52. The van der Waals surface area contributed by atoms with Gasteiger partial charge >= 0.3 is 0 Å². The molecule has 3 aromatic rings. The standard InChI is InChI=1S/C23H29N5O2/c1-17(2)18-4-6-19(7-5-18)21-8-10-24-22-20(16-26-28(21)22)23(29)25-9-3-11-27-12-14-30-15-13-27/h4-8,10,16-17H,3,9,11-15H2,1-2H3,(H,25,29). The van der Waals surface area contributed by atoms with Crippen LogP contribution < -0.4 is 5.32 Å². The molecule has 0 aliphatic carbocycles. The summed E-state index contributed by atoms with van der Waals surface area (Å²) in [5.74, 6) is 0.353. The normalized spacial score (nSPS) is 15.0. The van der Waals surface area contributed by atoms with Gasteiger partial charge in [0.15, 0.2) is 5.65 Å². The van der Waals surface area contributed by atoms with Gasteiger partial charge in [-0.1, -0.05) is 38.1 Å². The van der Waals surface area contributed by atoms with Gasteiger partial charge < -0.3 is 10.1 Å². The number of nitrogens with zero attached hydrogens (tertiary/aromatic N) is 4.